The number of benzene rings is 2. The van der Waals surface area contributed by atoms with Crippen molar-refractivity contribution in [3.63, 3.8) is 0 Å². The smallest absolute Gasteiger partial charge is 0.416 e. The summed E-state index contributed by atoms with van der Waals surface area (Å²) < 4.78 is 49.8. The minimum Gasteiger partial charge on any atom is -0.495 e. The number of methoxy groups -OCH3 is 1. The molecule has 1 N–H and O–H groups in total. The van der Waals surface area contributed by atoms with E-state index in [2.05, 4.69) is 5.32 Å². The number of nitrogens with zero attached hydrogens (tertiary/aromatic N) is 2. The number of hydrogen-bond donors (Lipinski definition) is 1. The molecule has 1 fully saturated rings. The fourth-order valence-electron chi connectivity index (χ4n) is 3.47. The molecule has 2 aromatic carbocycles. The first-order valence-electron chi connectivity index (χ1n) is 10.7. The molecule has 1 aliphatic rings. The van der Waals surface area contributed by atoms with E-state index in [9.17, 15) is 37.7 Å². The van der Waals surface area contributed by atoms with Gasteiger partial charge in [-0.25, -0.2) is 0 Å². The monoisotopic (exact) mass is 581 g/mol. The van der Waals surface area contributed by atoms with E-state index in [-0.39, 0.29) is 38.6 Å². The number of carbonyl (C=O) groups is 3. The third kappa shape index (κ3) is 6.07. The second-order valence-electron chi connectivity index (χ2n) is 7.85. The fourth-order valence-corrected chi connectivity index (χ4v) is 4.48. The number of furan rings is 1. The van der Waals surface area contributed by atoms with Crippen molar-refractivity contribution in [2.45, 2.75) is 6.18 Å². The van der Waals surface area contributed by atoms with Crippen LogP contribution in [0.4, 0.5) is 29.3 Å². The van der Waals surface area contributed by atoms with Crippen molar-refractivity contribution in [2.75, 3.05) is 19.0 Å². The van der Waals surface area contributed by atoms with E-state index in [0.29, 0.717) is 28.3 Å². The summed E-state index contributed by atoms with van der Waals surface area (Å²) in [4.78, 5) is 48.7. The van der Waals surface area contributed by atoms with E-state index >= 15 is 0 Å². The fraction of sp³-hybridized carbons (Fsp3) is 0.125. The van der Waals surface area contributed by atoms with E-state index in [1.165, 1.54) is 43.5 Å². The van der Waals surface area contributed by atoms with E-state index in [1.54, 1.807) is 0 Å². The molecule has 0 radical (unpaired) electrons. The summed E-state index contributed by atoms with van der Waals surface area (Å²) in [7, 11) is 1.20. The molecule has 1 aromatic heterocycles. The lowest BCUT2D eigenvalue weighted by Crippen LogP contribution is -2.36. The average molecular weight is 582 g/mol. The number of alkyl halides is 3. The Kier molecular flexibility index (Phi) is 7.70. The van der Waals surface area contributed by atoms with Crippen LogP contribution >= 0.6 is 23.4 Å². The molecule has 1 aliphatic heterocycles. The minimum atomic E-state index is -4.67. The number of hydrogen-bond acceptors (Lipinski definition) is 8. The number of anilines is 1. The molecule has 0 saturated carbocycles. The van der Waals surface area contributed by atoms with Gasteiger partial charge in [-0.1, -0.05) is 11.6 Å². The number of carbonyl (C=O) groups excluding carboxylic acids is 3. The van der Waals surface area contributed by atoms with E-state index in [0.717, 1.165) is 12.1 Å². The number of nitro groups is 1. The van der Waals surface area contributed by atoms with Crippen LogP contribution in [0.3, 0.4) is 0 Å². The number of nitrogens with one attached hydrogen (secondary N) is 1. The Bertz CT molecular complexity index is 1540. The van der Waals surface area contributed by atoms with Crippen LogP contribution < -0.4 is 10.1 Å². The maximum absolute atomic E-state index is 13.1. The van der Waals surface area contributed by atoms with Crippen molar-refractivity contribution >= 4 is 57.9 Å². The molecular formula is C24H15ClF3N3O7S. The molecule has 0 spiro atoms. The second kappa shape index (κ2) is 10.8. The normalized spacial score (nSPS) is 14.7. The Morgan fingerprint density at radius 2 is 1.95 bits per heavy atom. The summed E-state index contributed by atoms with van der Waals surface area (Å²) in [5, 5.41) is 12.5. The van der Waals surface area contributed by atoms with Gasteiger partial charge in [-0.15, -0.1) is 0 Å². The van der Waals surface area contributed by atoms with Gasteiger partial charge in [-0.2, -0.15) is 13.2 Å². The van der Waals surface area contributed by atoms with Gasteiger partial charge in [0.1, 0.15) is 28.8 Å². The molecule has 3 aromatic rings. The third-order valence-electron chi connectivity index (χ3n) is 5.30. The number of imide groups is 1. The lowest BCUT2D eigenvalue weighted by Gasteiger charge is -2.16. The van der Waals surface area contributed by atoms with Crippen molar-refractivity contribution in [1.29, 1.82) is 0 Å². The number of halogens is 4. The number of rotatable bonds is 7. The van der Waals surface area contributed by atoms with Crippen molar-refractivity contribution in [1.82, 2.24) is 4.90 Å². The molecule has 0 bridgehead atoms. The van der Waals surface area contributed by atoms with Gasteiger partial charge in [-0.3, -0.25) is 29.4 Å². The first-order valence-corrected chi connectivity index (χ1v) is 11.9. The van der Waals surface area contributed by atoms with Gasteiger partial charge in [0.2, 0.25) is 5.91 Å². The average Bonchev–Trinajstić information content (AvgIpc) is 3.43. The zero-order valence-corrected chi connectivity index (χ0v) is 21.1. The number of thioether (sulfide) groups is 1. The highest BCUT2D eigenvalue weighted by Crippen LogP contribution is 2.37. The zero-order chi connectivity index (χ0) is 28.5. The van der Waals surface area contributed by atoms with Gasteiger partial charge in [0.05, 0.1) is 28.2 Å². The molecule has 10 nitrogen and oxygen atoms in total. The van der Waals surface area contributed by atoms with E-state index < -0.39 is 40.3 Å². The lowest BCUT2D eigenvalue weighted by molar-refractivity contribution is -0.384. The molecule has 4 rings (SSSR count). The van der Waals surface area contributed by atoms with Gasteiger partial charge in [-0.05, 0) is 54.2 Å². The number of ether oxygens (including phenoxy) is 1. The number of amides is 3. The molecule has 0 unspecified atom stereocenters. The molecule has 0 atom stereocenters. The molecule has 1 saturated heterocycles. The summed E-state index contributed by atoms with van der Waals surface area (Å²) in [6.45, 7) is -0.765. The van der Waals surface area contributed by atoms with Gasteiger partial charge < -0.3 is 14.5 Å². The Balaban J connectivity index is 1.48. The summed E-state index contributed by atoms with van der Waals surface area (Å²) in [5.41, 5.74) is -1.29. The van der Waals surface area contributed by atoms with Crippen LogP contribution in [0.2, 0.25) is 5.02 Å². The largest absolute Gasteiger partial charge is 0.495 e. The van der Waals surface area contributed by atoms with Gasteiger partial charge in [0.25, 0.3) is 16.8 Å². The van der Waals surface area contributed by atoms with Gasteiger partial charge >= 0.3 is 6.18 Å². The van der Waals surface area contributed by atoms with Crippen LogP contribution in [0.5, 0.6) is 5.75 Å². The van der Waals surface area contributed by atoms with Crippen molar-refractivity contribution in [3.8, 4) is 17.1 Å². The Morgan fingerprint density at radius 3 is 2.62 bits per heavy atom. The second-order valence-corrected chi connectivity index (χ2v) is 9.25. The van der Waals surface area contributed by atoms with Crippen molar-refractivity contribution < 1.29 is 41.6 Å². The Hall–Kier alpha value is -4.30. The van der Waals surface area contributed by atoms with Gasteiger partial charge in [0, 0.05) is 17.7 Å². The maximum atomic E-state index is 13.1. The van der Waals surface area contributed by atoms with E-state index in [1.807, 2.05) is 0 Å². The van der Waals surface area contributed by atoms with Crippen LogP contribution in [0, 0.1) is 10.1 Å². The van der Waals surface area contributed by atoms with E-state index in [4.69, 9.17) is 20.8 Å². The minimum absolute atomic E-state index is 0.0509. The van der Waals surface area contributed by atoms with Crippen LogP contribution in [0.1, 0.15) is 11.3 Å². The molecular weight excluding hydrogens is 567 g/mol. The summed E-state index contributed by atoms with van der Waals surface area (Å²) in [6, 6.07) is 9.51. The maximum Gasteiger partial charge on any atom is 0.416 e. The molecule has 3 amide bonds. The first-order chi connectivity index (χ1) is 18.4. The Morgan fingerprint density at radius 1 is 1.21 bits per heavy atom. The summed E-state index contributed by atoms with van der Waals surface area (Å²) >= 11 is 6.35. The molecule has 202 valence electrons. The quantitative estimate of drug-likeness (QED) is 0.198. The van der Waals surface area contributed by atoms with Crippen molar-refractivity contribution in [3.05, 3.63) is 79.9 Å². The van der Waals surface area contributed by atoms with Crippen LogP contribution in [0.25, 0.3) is 17.4 Å². The predicted molar refractivity (Wildman–Crippen MR) is 135 cm³/mol. The topological polar surface area (TPSA) is 132 Å². The lowest BCUT2D eigenvalue weighted by atomic mass is 10.1. The zero-order valence-electron chi connectivity index (χ0n) is 19.6. The standard InChI is InChI=1S/C24H15ClF3N3O7S/c1-37-19-6-3-13(24(26,27)28)9-16(19)29-21(32)11-30-22(33)20(39-23(30)34)10-14-4-7-18(38-14)12-2-5-15(25)17(8-12)31(35)36/h2-10H,11H2,1H3,(H,29,32)/b20-10-. The molecule has 15 heteroatoms. The highest BCUT2D eigenvalue weighted by Gasteiger charge is 2.37. The first kappa shape index (κ1) is 27.7. The number of nitro benzene ring substituents is 1. The molecule has 39 heavy (non-hydrogen) atoms. The highest BCUT2D eigenvalue weighted by molar-refractivity contribution is 8.18. The van der Waals surface area contributed by atoms with Crippen LogP contribution in [-0.4, -0.2) is 40.5 Å². The van der Waals surface area contributed by atoms with Gasteiger partial charge in [0.15, 0.2) is 0 Å². The molecule has 2 heterocycles. The van der Waals surface area contributed by atoms with Crippen LogP contribution in [-0.2, 0) is 15.8 Å². The summed E-state index contributed by atoms with van der Waals surface area (Å²) in [6.07, 6.45) is -3.41. The Labute approximate surface area is 226 Å². The molecule has 0 aliphatic carbocycles. The summed E-state index contributed by atoms with van der Waals surface area (Å²) in [5.74, 6) is -1.43. The van der Waals surface area contributed by atoms with Crippen LogP contribution in [0.15, 0.2) is 57.9 Å². The predicted octanol–water partition coefficient (Wildman–Crippen LogP) is 6.21. The highest BCUT2D eigenvalue weighted by atomic mass is 35.5. The SMILES string of the molecule is COc1ccc(C(F)(F)F)cc1NC(=O)CN1C(=O)S/C(=C\c2ccc(-c3ccc(Cl)c([N+](=O)[O-])c3)o2)C1=O. The van der Waals surface area contributed by atoms with Crippen molar-refractivity contribution in [2.24, 2.45) is 0 Å². The third-order valence-corrected chi connectivity index (χ3v) is 6.53.